The summed E-state index contributed by atoms with van der Waals surface area (Å²) >= 11 is 1.51. The van der Waals surface area contributed by atoms with Crippen molar-refractivity contribution in [2.75, 3.05) is 22.9 Å². The summed E-state index contributed by atoms with van der Waals surface area (Å²) < 4.78 is 0. The van der Waals surface area contributed by atoms with Crippen LogP contribution in [0.25, 0.3) is 0 Å². The van der Waals surface area contributed by atoms with Gasteiger partial charge in [0.1, 0.15) is 0 Å². The molecule has 4 N–H and O–H groups in total. The molecule has 1 aromatic rings. The van der Waals surface area contributed by atoms with Crippen LogP contribution in [0.4, 0.5) is 11.4 Å². The van der Waals surface area contributed by atoms with Crippen molar-refractivity contribution in [3.8, 4) is 0 Å². The number of anilines is 2. The second kappa shape index (κ2) is 6.89. The van der Waals surface area contributed by atoms with Gasteiger partial charge in [-0.15, -0.1) is 24.2 Å². The number of carbonyl (C=O) groups is 2. The minimum absolute atomic E-state index is 0. The van der Waals surface area contributed by atoms with E-state index in [0.717, 1.165) is 36.3 Å². The Labute approximate surface area is 140 Å². The smallest absolute Gasteiger partial charge is 0.234 e. The van der Waals surface area contributed by atoms with E-state index in [2.05, 4.69) is 10.6 Å². The lowest BCUT2D eigenvalue weighted by Crippen LogP contribution is -2.40. The van der Waals surface area contributed by atoms with Crippen molar-refractivity contribution < 1.29 is 9.59 Å². The summed E-state index contributed by atoms with van der Waals surface area (Å²) in [7, 11) is 0. The summed E-state index contributed by atoms with van der Waals surface area (Å²) in [6.45, 7) is 0.385. The number of hydrogen-bond acceptors (Lipinski definition) is 4. The molecule has 0 atom stereocenters. The highest BCUT2D eigenvalue weighted by Gasteiger charge is 2.39. The van der Waals surface area contributed by atoms with Gasteiger partial charge >= 0.3 is 0 Å². The molecule has 1 saturated carbocycles. The van der Waals surface area contributed by atoms with Crippen molar-refractivity contribution in [3.05, 3.63) is 18.2 Å². The number of halogens is 1. The van der Waals surface area contributed by atoms with Crippen molar-refractivity contribution >= 4 is 47.4 Å². The fourth-order valence-electron chi connectivity index (χ4n) is 3.00. The quantitative estimate of drug-likeness (QED) is 0.789. The molecule has 120 valence electrons. The van der Waals surface area contributed by atoms with Crippen molar-refractivity contribution in [2.24, 2.45) is 11.1 Å². The Bertz CT molecular complexity index is 588. The highest BCUT2D eigenvalue weighted by molar-refractivity contribution is 8.00. The lowest BCUT2D eigenvalue weighted by molar-refractivity contribution is -0.124. The Kier molecular flexibility index (Phi) is 5.36. The fraction of sp³-hybridized carbons (Fsp3) is 0.467. The van der Waals surface area contributed by atoms with E-state index >= 15 is 0 Å². The molecule has 2 amide bonds. The highest BCUT2D eigenvalue weighted by atomic mass is 35.5. The molecule has 1 heterocycles. The zero-order valence-corrected chi connectivity index (χ0v) is 13.8. The molecule has 3 rings (SSSR count). The zero-order chi connectivity index (χ0) is 14.9. The second-order valence-electron chi connectivity index (χ2n) is 5.69. The molecule has 1 aliphatic carbocycles. The van der Waals surface area contributed by atoms with Crippen LogP contribution in [-0.2, 0) is 9.59 Å². The second-order valence-corrected chi connectivity index (χ2v) is 6.71. The zero-order valence-electron chi connectivity index (χ0n) is 12.2. The summed E-state index contributed by atoms with van der Waals surface area (Å²) in [5, 5.41) is 5.79. The van der Waals surface area contributed by atoms with Gasteiger partial charge in [0.25, 0.3) is 0 Å². The first-order chi connectivity index (χ1) is 10.1. The molecule has 2 aliphatic rings. The number of nitrogens with two attached hydrogens (primary N) is 1. The molecular formula is C15H20ClN3O2S. The summed E-state index contributed by atoms with van der Waals surface area (Å²) in [6.07, 6.45) is 3.82. The molecule has 22 heavy (non-hydrogen) atoms. The first kappa shape index (κ1) is 17.1. The Balaban J connectivity index is 0.00000176. The predicted octanol–water partition coefficient (Wildman–Crippen LogP) is 2.61. The average Bonchev–Trinajstić information content (AvgIpc) is 2.97. The molecule has 5 nitrogen and oxygen atoms in total. The summed E-state index contributed by atoms with van der Waals surface area (Å²) in [5.74, 6) is 0.428. The molecule has 0 radical (unpaired) electrons. The van der Waals surface area contributed by atoms with Crippen LogP contribution in [0, 0.1) is 5.41 Å². The summed E-state index contributed by atoms with van der Waals surface area (Å²) in [5.41, 5.74) is 6.88. The lowest BCUT2D eigenvalue weighted by Gasteiger charge is -2.26. The molecule has 7 heteroatoms. The molecule has 1 aliphatic heterocycles. The van der Waals surface area contributed by atoms with Crippen LogP contribution in [0.3, 0.4) is 0 Å². The molecule has 0 saturated heterocycles. The van der Waals surface area contributed by atoms with Gasteiger partial charge in [0.2, 0.25) is 11.8 Å². The van der Waals surface area contributed by atoms with Crippen LogP contribution in [0.2, 0.25) is 0 Å². The van der Waals surface area contributed by atoms with Crippen molar-refractivity contribution in [2.45, 2.75) is 30.6 Å². The number of hydrogen-bond donors (Lipinski definition) is 3. The van der Waals surface area contributed by atoms with Crippen LogP contribution < -0.4 is 16.4 Å². The number of benzene rings is 1. The number of rotatable bonds is 3. The Morgan fingerprint density at radius 2 is 2.09 bits per heavy atom. The maximum atomic E-state index is 12.5. The van der Waals surface area contributed by atoms with Crippen LogP contribution in [0.1, 0.15) is 25.7 Å². The van der Waals surface area contributed by atoms with E-state index in [4.69, 9.17) is 5.73 Å². The van der Waals surface area contributed by atoms with Gasteiger partial charge in [-0.05, 0) is 31.0 Å². The summed E-state index contributed by atoms with van der Waals surface area (Å²) in [6, 6.07) is 5.62. The fourth-order valence-corrected chi connectivity index (χ4v) is 3.79. The minimum atomic E-state index is -0.423. The molecule has 0 bridgehead atoms. The van der Waals surface area contributed by atoms with Crippen LogP contribution in [0.5, 0.6) is 0 Å². The minimum Gasteiger partial charge on any atom is -0.329 e. The lowest BCUT2D eigenvalue weighted by atomic mass is 9.85. The first-order valence-corrected chi connectivity index (χ1v) is 8.20. The highest BCUT2D eigenvalue weighted by Crippen LogP contribution is 2.39. The van der Waals surface area contributed by atoms with Gasteiger partial charge in [0, 0.05) is 17.1 Å². The number of nitrogens with one attached hydrogen (secondary N) is 2. The topological polar surface area (TPSA) is 84.2 Å². The number of fused-ring (bicyclic) bond motifs is 1. The normalized spacial score (nSPS) is 18.9. The summed E-state index contributed by atoms with van der Waals surface area (Å²) in [4.78, 5) is 25.0. The Morgan fingerprint density at radius 3 is 2.77 bits per heavy atom. The van der Waals surface area contributed by atoms with E-state index in [0.29, 0.717) is 18.0 Å². The third kappa shape index (κ3) is 3.24. The largest absolute Gasteiger partial charge is 0.329 e. The maximum Gasteiger partial charge on any atom is 0.234 e. The third-order valence-corrected chi connectivity index (χ3v) is 5.38. The molecule has 1 fully saturated rings. The van der Waals surface area contributed by atoms with Gasteiger partial charge < -0.3 is 16.4 Å². The predicted molar refractivity (Wildman–Crippen MR) is 91.6 cm³/mol. The van der Waals surface area contributed by atoms with Crippen LogP contribution in [-0.4, -0.2) is 24.1 Å². The number of carbonyl (C=O) groups excluding carboxylic acids is 2. The number of thioether (sulfide) groups is 1. The van der Waals surface area contributed by atoms with Crippen molar-refractivity contribution in [3.63, 3.8) is 0 Å². The third-order valence-electron chi connectivity index (χ3n) is 4.30. The molecule has 0 aromatic heterocycles. The van der Waals surface area contributed by atoms with E-state index in [1.165, 1.54) is 11.8 Å². The van der Waals surface area contributed by atoms with E-state index in [-0.39, 0.29) is 24.2 Å². The van der Waals surface area contributed by atoms with E-state index < -0.39 is 5.41 Å². The van der Waals surface area contributed by atoms with Gasteiger partial charge in [-0.2, -0.15) is 0 Å². The molecular weight excluding hydrogens is 322 g/mol. The standard InChI is InChI=1S/C15H19N3O2S.ClH/c16-9-15(5-1-2-6-15)14(20)17-10-3-4-12-11(7-10)18-13(19)8-21-12;/h3-4,7H,1-2,5-6,8-9,16H2,(H,17,20)(H,18,19);1H. The molecule has 0 spiro atoms. The van der Waals surface area contributed by atoms with Crippen molar-refractivity contribution in [1.29, 1.82) is 0 Å². The van der Waals surface area contributed by atoms with Crippen LogP contribution >= 0.6 is 24.2 Å². The Hall–Kier alpha value is -1.24. The molecule has 1 aromatic carbocycles. The van der Waals surface area contributed by atoms with E-state index in [1.54, 1.807) is 0 Å². The average molecular weight is 342 g/mol. The molecule has 0 unspecified atom stereocenters. The number of amides is 2. The van der Waals surface area contributed by atoms with Gasteiger partial charge in [0.15, 0.2) is 0 Å². The van der Waals surface area contributed by atoms with Crippen molar-refractivity contribution in [1.82, 2.24) is 0 Å². The maximum absolute atomic E-state index is 12.5. The van der Waals surface area contributed by atoms with E-state index in [9.17, 15) is 9.59 Å². The Morgan fingerprint density at radius 1 is 1.36 bits per heavy atom. The van der Waals surface area contributed by atoms with Gasteiger partial charge in [-0.1, -0.05) is 12.8 Å². The van der Waals surface area contributed by atoms with Gasteiger partial charge in [-0.3, -0.25) is 9.59 Å². The van der Waals surface area contributed by atoms with Gasteiger partial charge in [-0.25, -0.2) is 0 Å². The first-order valence-electron chi connectivity index (χ1n) is 7.21. The van der Waals surface area contributed by atoms with E-state index in [1.807, 2.05) is 18.2 Å². The monoisotopic (exact) mass is 341 g/mol. The SMILES string of the molecule is Cl.NCC1(C(=O)Nc2ccc3c(c2)NC(=O)CS3)CCCC1. The van der Waals surface area contributed by atoms with Crippen LogP contribution in [0.15, 0.2) is 23.1 Å². The van der Waals surface area contributed by atoms with Gasteiger partial charge in [0.05, 0.1) is 16.9 Å².